The normalized spacial score (nSPS) is 25.7. The largest absolute Gasteiger partial charge is 0.472 e. The Labute approximate surface area is 134 Å². The smallest absolute Gasteiger partial charge is 0.257 e. The summed E-state index contributed by atoms with van der Waals surface area (Å²) in [6, 6.07) is 1.74. The predicted molar refractivity (Wildman–Crippen MR) is 82.0 cm³/mol. The average Bonchev–Trinajstić information content (AvgIpc) is 3.01. The van der Waals surface area contributed by atoms with E-state index < -0.39 is 0 Å². The third kappa shape index (κ3) is 2.04. The summed E-state index contributed by atoms with van der Waals surface area (Å²) in [6.45, 7) is 1.55. The van der Waals surface area contributed by atoms with Crippen LogP contribution in [0.1, 0.15) is 65.9 Å². The third-order valence-corrected chi connectivity index (χ3v) is 5.85. The first-order valence-electron chi connectivity index (χ1n) is 8.49. The summed E-state index contributed by atoms with van der Waals surface area (Å²) >= 11 is 0. The summed E-state index contributed by atoms with van der Waals surface area (Å²) in [5, 5.41) is 7.58. The summed E-state index contributed by atoms with van der Waals surface area (Å²) in [5.41, 5.74) is 0.830. The van der Waals surface area contributed by atoms with Gasteiger partial charge in [-0.05, 0) is 37.2 Å². The summed E-state index contributed by atoms with van der Waals surface area (Å²) in [4.78, 5) is 19.4. The number of nitrogens with zero attached hydrogens (tertiary/aromatic N) is 3. The number of amides is 1. The molecule has 2 aliphatic carbocycles. The Hall–Kier alpha value is -2.11. The fourth-order valence-corrected chi connectivity index (χ4v) is 4.17. The number of carbonyl (C=O) groups is 1. The zero-order valence-electron chi connectivity index (χ0n) is 13.0. The Morgan fingerprint density at radius 2 is 2.26 bits per heavy atom. The zero-order valence-corrected chi connectivity index (χ0v) is 13.0. The standard InChI is InChI=1S/C17H20N4O2/c22-16(12-4-7-23-9-12)21-8-13(17(10-21)5-1-6-17)15-18-14(19-20-15)11-2-3-11/h4,7,9,11,13H,1-3,5-6,8,10H2,(H,18,19,20). The van der Waals surface area contributed by atoms with Gasteiger partial charge in [0.15, 0.2) is 5.82 Å². The Balaban J connectivity index is 1.42. The molecule has 1 saturated heterocycles. The maximum atomic E-state index is 12.7. The van der Waals surface area contributed by atoms with Crippen LogP contribution in [0.15, 0.2) is 23.0 Å². The van der Waals surface area contributed by atoms with E-state index >= 15 is 0 Å². The van der Waals surface area contributed by atoms with Gasteiger partial charge in [0.25, 0.3) is 5.91 Å². The van der Waals surface area contributed by atoms with Crippen LogP contribution in [0.3, 0.4) is 0 Å². The highest BCUT2D eigenvalue weighted by Gasteiger charge is 2.53. The Morgan fingerprint density at radius 1 is 1.39 bits per heavy atom. The van der Waals surface area contributed by atoms with Crippen LogP contribution in [-0.2, 0) is 0 Å². The number of hydrogen-bond acceptors (Lipinski definition) is 4. The molecule has 120 valence electrons. The van der Waals surface area contributed by atoms with E-state index in [-0.39, 0.29) is 17.2 Å². The van der Waals surface area contributed by atoms with Crippen molar-refractivity contribution in [3.8, 4) is 0 Å². The van der Waals surface area contributed by atoms with Crippen molar-refractivity contribution in [3.63, 3.8) is 0 Å². The van der Waals surface area contributed by atoms with Crippen molar-refractivity contribution >= 4 is 5.91 Å². The van der Waals surface area contributed by atoms with Crippen LogP contribution in [0.4, 0.5) is 0 Å². The van der Waals surface area contributed by atoms with E-state index in [1.54, 1.807) is 12.3 Å². The molecule has 6 nitrogen and oxygen atoms in total. The van der Waals surface area contributed by atoms with Gasteiger partial charge in [-0.15, -0.1) is 0 Å². The first-order chi connectivity index (χ1) is 11.3. The minimum atomic E-state index is 0.0643. The summed E-state index contributed by atoms with van der Waals surface area (Å²) in [7, 11) is 0. The number of aromatic amines is 1. The van der Waals surface area contributed by atoms with E-state index in [4.69, 9.17) is 9.40 Å². The lowest BCUT2D eigenvalue weighted by molar-refractivity contribution is 0.0723. The molecule has 1 unspecified atom stereocenters. The molecule has 0 aromatic carbocycles. The molecule has 1 atom stereocenters. The van der Waals surface area contributed by atoms with E-state index in [0.29, 0.717) is 11.5 Å². The lowest BCUT2D eigenvalue weighted by Crippen LogP contribution is -2.38. The quantitative estimate of drug-likeness (QED) is 0.945. The van der Waals surface area contributed by atoms with E-state index in [2.05, 4.69) is 10.2 Å². The molecule has 3 fully saturated rings. The molecule has 1 spiro atoms. The monoisotopic (exact) mass is 312 g/mol. The Bertz CT molecular complexity index is 728. The predicted octanol–water partition coefficient (Wildman–Crippen LogP) is 2.69. The maximum absolute atomic E-state index is 12.7. The second-order valence-electron chi connectivity index (χ2n) is 7.32. The summed E-state index contributed by atoms with van der Waals surface area (Å²) in [5.74, 6) is 2.85. The highest BCUT2D eigenvalue weighted by Crippen LogP contribution is 2.55. The van der Waals surface area contributed by atoms with Gasteiger partial charge >= 0.3 is 0 Å². The second kappa shape index (κ2) is 4.69. The number of rotatable bonds is 3. The molecule has 0 radical (unpaired) electrons. The first-order valence-corrected chi connectivity index (χ1v) is 8.49. The molecule has 23 heavy (non-hydrogen) atoms. The molecular weight excluding hydrogens is 292 g/mol. The van der Waals surface area contributed by atoms with Crippen molar-refractivity contribution in [1.29, 1.82) is 0 Å². The molecule has 2 aromatic rings. The van der Waals surface area contributed by atoms with Crippen molar-refractivity contribution in [2.45, 2.75) is 43.9 Å². The van der Waals surface area contributed by atoms with Gasteiger partial charge in [-0.1, -0.05) is 6.42 Å². The number of aromatic nitrogens is 3. The first kappa shape index (κ1) is 13.3. The summed E-state index contributed by atoms with van der Waals surface area (Å²) < 4.78 is 5.06. The van der Waals surface area contributed by atoms with Crippen LogP contribution >= 0.6 is 0 Å². The minimum absolute atomic E-state index is 0.0643. The van der Waals surface area contributed by atoms with Gasteiger partial charge in [-0.3, -0.25) is 9.89 Å². The fraction of sp³-hybridized carbons (Fsp3) is 0.588. The molecule has 1 aliphatic heterocycles. The van der Waals surface area contributed by atoms with Gasteiger partial charge in [-0.25, -0.2) is 4.98 Å². The Kier molecular flexibility index (Phi) is 2.72. The van der Waals surface area contributed by atoms with Crippen LogP contribution < -0.4 is 0 Å². The van der Waals surface area contributed by atoms with Crippen molar-refractivity contribution < 1.29 is 9.21 Å². The number of nitrogens with one attached hydrogen (secondary N) is 1. The molecule has 6 heteroatoms. The minimum Gasteiger partial charge on any atom is -0.472 e. The van der Waals surface area contributed by atoms with Crippen molar-refractivity contribution in [1.82, 2.24) is 20.1 Å². The van der Waals surface area contributed by atoms with E-state index in [9.17, 15) is 4.79 Å². The maximum Gasteiger partial charge on any atom is 0.257 e. The number of furan rings is 1. The SMILES string of the molecule is O=C(c1ccoc1)N1CC(c2nc(C3CC3)n[nH]2)C2(CCC2)C1. The lowest BCUT2D eigenvalue weighted by atomic mass is 9.62. The molecule has 3 aliphatic rings. The van der Waals surface area contributed by atoms with E-state index in [0.717, 1.165) is 24.7 Å². The highest BCUT2D eigenvalue weighted by atomic mass is 16.3. The van der Waals surface area contributed by atoms with E-state index in [1.807, 2.05) is 4.90 Å². The molecule has 3 heterocycles. The zero-order chi connectivity index (χ0) is 15.4. The average molecular weight is 312 g/mol. The molecular formula is C17H20N4O2. The third-order valence-electron chi connectivity index (χ3n) is 5.85. The van der Waals surface area contributed by atoms with Crippen molar-refractivity contribution in [2.75, 3.05) is 13.1 Å². The van der Waals surface area contributed by atoms with Crippen LogP contribution in [-0.4, -0.2) is 39.1 Å². The molecule has 2 aromatic heterocycles. The van der Waals surface area contributed by atoms with Gasteiger partial charge in [0.05, 0.1) is 11.8 Å². The van der Waals surface area contributed by atoms with Gasteiger partial charge in [-0.2, -0.15) is 5.10 Å². The lowest BCUT2D eigenvalue weighted by Gasteiger charge is -2.41. The summed E-state index contributed by atoms with van der Waals surface area (Å²) in [6.07, 6.45) is 9.09. The fourth-order valence-electron chi connectivity index (χ4n) is 4.17. The highest BCUT2D eigenvalue weighted by molar-refractivity contribution is 5.94. The van der Waals surface area contributed by atoms with Gasteiger partial charge in [0.2, 0.25) is 0 Å². The van der Waals surface area contributed by atoms with Crippen LogP contribution in [0, 0.1) is 5.41 Å². The molecule has 2 saturated carbocycles. The van der Waals surface area contributed by atoms with Crippen LogP contribution in [0.5, 0.6) is 0 Å². The molecule has 5 rings (SSSR count). The molecule has 1 N–H and O–H groups in total. The van der Waals surface area contributed by atoms with Crippen LogP contribution in [0.25, 0.3) is 0 Å². The van der Waals surface area contributed by atoms with Gasteiger partial charge in [0, 0.05) is 24.9 Å². The number of carbonyl (C=O) groups excluding carboxylic acids is 1. The Morgan fingerprint density at radius 3 is 2.91 bits per heavy atom. The van der Waals surface area contributed by atoms with Crippen molar-refractivity contribution in [2.24, 2.45) is 5.41 Å². The van der Waals surface area contributed by atoms with Crippen LogP contribution in [0.2, 0.25) is 0 Å². The number of likely N-dealkylation sites (tertiary alicyclic amines) is 1. The number of H-pyrrole nitrogens is 1. The topological polar surface area (TPSA) is 75.0 Å². The van der Waals surface area contributed by atoms with Gasteiger partial charge in [0.1, 0.15) is 12.1 Å². The molecule has 0 bridgehead atoms. The number of hydrogen-bond donors (Lipinski definition) is 1. The van der Waals surface area contributed by atoms with E-state index in [1.165, 1.54) is 38.4 Å². The second-order valence-corrected chi connectivity index (χ2v) is 7.32. The van der Waals surface area contributed by atoms with Crippen molar-refractivity contribution in [3.05, 3.63) is 35.8 Å². The van der Waals surface area contributed by atoms with Gasteiger partial charge < -0.3 is 9.32 Å². The molecule has 1 amide bonds.